The van der Waals surface area contributed by atoms with Gasteiger partial charge >= 0.3 is 0 Å². The van der Waals surface area contributed by atoms with Crippen molar-refractivity contribution >= 4 is 0 Å². The Morgan fingerprint density at radius 1 is 1.56 bits per heavy atom. The Morgan fingerprint density at radius 2 is 2.38 bits per heavy atom. The minimum absolute atomic E-state index is 0.338. The molecular formula is C11H22N4O. The van der Waals surface area contributed by atoms with Gasteiger partial charge in [0.05, 0.1) is 24.9 Å². The van der Waals surface area contributed by atoms with Crippen molar-refractivity contribution in [1.82, 2.24) is 20.3 Å². The Kier molecular flexibility index (Phi) is 6.03. The highest BCUT2D eigenvalue weighted by Crippen LogP contribution is 2.01. The highest BCUT2D eigenvalue weighted by atomic mass is 16.5. The molecule has 92 valence electrons. The molecule has 0 saturated heterocycles. The molecule has 0 aliphatic rings. The highest BCUT2D eigenvalue weighted by Gasteiger charge is 2.02. The maximum atomic E-state index is 5.65. The van der Waals surface area contributed by atoms with Crippen molar-refractivity contribution in [2.24, 2.45) is 0 Å². The van der Waals surface area contributed by atoms with Gasteiger partial charge in [-0.1, -0.05) is 18.6 Å². The third-order valence-corrected chi connectivity index (χ3v) is 2.36. The van der Waals surface area contributed by atoms with Crippen LogP contribution in [0.25, 0.3) is 0 Å². The quantitative estimate of drug-likeness (QED) is 0.723. The van der Waals surface area contributed by atoms with Crippen LogP contribution in [0.4, 0.5) is 0 Å². The van der Waals surface area contributed by atoms with Crippen LogP contribution in [-0.4, -0.2) is 34.8 Å². The van der Waals surface area contributed by atoms with Gasteiger partial charge < -0.3 is 10.1 Å². The summed E-state index contributed by atoms with van der Waals surface area (Å²) in [5, 5.41) is 11.1. The minimum Gasteiger partial charge on any atom is -0.377 e. The van der Waals surface area contributed by atoms with Crippen LogP contribution < -0.4 is 5.32 Å². The van der Waals surface area contributed by atoms with E-state index in [1.54, 1.807) is 0 Å². The van der Waals surface area contributed by atoms with Gasteiger partial charge in [0.1, 0.15) is 0 Å². The van der Waals surface area contributed by atoms with Gasteiger partial charge in [0.15, 0.2) is 0 Å². The summed E-state index contributed by atoms with van der Waals surface area (Å²) in [5.41, 5.74) is 0.962. The fourth-order valence-corrected chi connectivity index (χ4v) is 1.55. The summed E-state index contributed by atoms with van der Waals surface area (Å²) < 4.78 is 7.48. The fourth-order valence-electron chi connectivity index (χ4n) is 1.55. The summed E-state index contributed by atoms with van der Waals surface area (Å²) in [4.78, 5) is 0. The molecular weight excluding hydrogens is 204 g/mol. The SMILES string of the molecule is CCCC(C)OCCn1cc(CNC)nn1. The van der Waals surface area contributed by atoms with Crippen LogP contribution in [-0.2, 0) is 17.8 Å². The van der Waals surface area contributed by atoms with E-state index in [4.69, 9.17) is 4.74 Å². The summed E-state index contributed by atoms with van der Waals surface area (Å²) in [6.45, 7) is 6.50. The molecule has 0 fully saturated rings. The van der Waals surface area contributed by atoms with E-state index in [1.807, 2.05) is 17.9 Å². The minimum atomic E-state index is 0.338. The lowest BCUT2D eigenvalue weighted by molar-refractivity contribution is 0.0526. The molecule has 1 heterocycles. The van der Waals surface area contributed by atoms with Crippen molar-refractivity contribution in [1.29, 1.82) is 0 Å². The summed E-state index contributed by atoms with van der Waals surface area (Å²) in [5.74, 6) is 0. The van der Waals surface area contributed by atoms with Gasteiger partial charge in [0.2, 0.25) is 0 Å². The second kappa shape index (κ2) is 7.35. The molecule has 0 bridgehead atoms. The monoisotopic (exact) mass is 226 g/mol. The van der Waals surface area contributed by atoms with E-state index in [1.165, 1.54) is 0 Å². The van der Waals surface area contributed by atoms with Crippen LogP contribution in [0, 0.1) is 0 Å². The first kappa shape index (κ1) is 13.1. The van der Waals surface area contributed by atoms with E-state index in [0.29, 0.717) is 12.7 Å². The maximum absolute atomic E-state index is 5.65. The molecule has 5 nitrogen and oxygen atoms in total. The van der Waals surface area contributed by atoms with Crippen LogP contribution in [0.2, 0.25) is 0 Å². The Hall–Kier alpha value is -0.940. The predicted octanol–water partition coefficient (Wildman–Crippen LogP) is 1.20. The molecule has 16 heavy (non-hydrogen) atoms. The number of rotatable bonds is 8. The van der Waals surface area contributed by atoms with Gasteiger partial charge in [-0.25, -0.2) is 4.68 Å². The molecule has 5 heteroatoms. The number of nitrogens with zero attached hydrogens (tertiary/aromatic N) is 3. The fraction of sp³-hybridized carbons (Fsp3) is 0.818. The molecule has 0 radical (unpaired) electrons. The first-order valence-electron chi connectivity index (χ1n) is 5.91. The smallest absolute Gasteiger partial charge is 0.0964 e. The van der Waals surface area contributed by atoms with Crippen LogP contribution in [0.3, 0.4) is 0 Å². The highest BCUT2D eigenvalue weighted by molar-refractivity contribution is 4.90. The van der Waals surface area contributed by atoms with Gasteiger partial charge in [-0.3, -0.25) is 0 Å². The topological polar surface area (TPSA) is 52.0 Å². The van der Waals surface area contributed by atoms with Crippen molar-refractivity contribution in [2.75, 3.05) is 13.7 Å². The average Bonchev–Trinajstić information content (AvgIpc) is 2.67. The average molecular weight is 226 g/mol. The molecule has 1 atom stereocenters. The van der Waals surface area contributed by atoms with E-state index in [2.05, 4.69) is 29.5 Å². The first-order chi connectivity index (χ1) is 7.76. The molecule has 0 spiro atoms. The largest absolute Gasteiger partial charge is 0.377 e. The molecule has 1 rings (SSSR count). The number of ether oxygens (including phenoxy) is 1. The van der Waals surface area contributed by atoms with Gasteiger partial charge in [0, 0.05) is 12.7 Å². The number of hydrogen-bond donors (Lipinski definition) is 1. The van der Waals surface area contributed by atoms with Gasteiger partial charge in [0.25, 0.3) is 0 Å². The first-order valence-corrected chi connectivity index (χ1v) is 5.91. The molecule has 0 aliphatic heterocycles. The molecule has 0 amide bonds. The van der Waals surface area contributed by atoms with E-state index in [-0.39, 0.29) is 0 Å². The zero-order chi connectivity index (χ0) is 11.8. The van der Waals surface area contributed by atoms with E-state index < -0.39 is 0 Å². The Bertz CT molecular complexity index is 287. The van der Waals surface area contributed by atoms with Crippen molar-refractivity contribution < 1.29 is 4.74 Å². The number of nitrogens with one attached hydrogen (secondary N) is 1. The maximum Gasteiger partial charge on any atom is 0.0964 e. The summed E-state index contributed by atoms with van der Waals surface area (Å²) in [7, 11) is 1.90. The van der Waals surface area contributed by atoms with Crippen LogP contribution in [0.15, 0.2) is 6.20 Å². The zero-order valence-electron chi connectivity index (χ0n) is 10.4. The Morgan fingerprint density at radius 3 is 3.06 bits per heavy atom. The second-order valence-electron chi connectivity index (χ2n) is 3.97. The third kappa shape index (κ3) is 4.72. The van der Waals surface area contributed by atoms with Crippen LogP contribution in [0.1, 0.15) is 32.4 Å². The van der Waals surface area contributed by atoms with Crippen molar-refractivity contribution in [3.05, 3.63) is 11.9 Å². The van der Waals surface area contributed by atoms with E-state index in [0.717, 1.165) is 31.6 Å². The Balaban J connectivity index is 2.21. The predicted molar refractivity (Wildman–Crippen MR) is 63.1 cm³/mol. The second-order valence-corrected chi connectivity index (χ2v) is 3.97. The lowest BCUT2D eigenvalue weighted by Crippen LogP contribution is -2.13. The lowest BCUT2D eigenvalue weighted by Gasteiger charge is -2.11. The zero-order valence-corrected chi connectivity index (χ0v) is 10.4. The molecule has 1 aromatic heterocycles. The molecule has 0 aliphatic carbocycles. The van der Waals surface area contributed by atoms with E-state index in [9.17, 15) is 0 Å². The van der Waals surface area contributed by atoms with Gasteiger partial charge in [-0.15, -0.1) is 5.10 Å². The summed E-state index contributed by atoms with van der Waals surface area (Å²) in [6, 6.07) is 0. The van der Waals surface area contributed by atoms with Gasteiger partial charge in [-0.2, -0.15) is 0 Å². The third-order valence-electron chi connectivity index (χ3n) is 2.36. The van der Waals surface area contributed by atoms with Crippen molar-refractivity contribution in [2.45, 2.75) is 45.9 Å². The number of hydrogen-bond acceptors (Lipinski definition) is 4. The van der Waals surface area contributed by atoms with Gasteiger partial charge in [-0.05, 0) is 20.4 Å². The van der Waals surface area contributed by atoms with Crippen LogP contribution >= 0.6 is 0 Å². The van der Waals surface area contributed by atoms with Crippen molar-refractivity contribution in [3.8, 4) is 0 Å². The van der Waals surface area contributed by atoms with Crippen LogP contribution in [0.5, 0.6) is 0 Å². The summed E-state index contributed by atoms with van der Waals surface area (Å²) >= 11 is 0. The lowest BCUT2D eigenvalue weighted by atomic mass is 10.2. The molecule has 0 aromatic carbocycles. The standard InChI is InChI=1S/C11H22N4O/c1-4-5-10(2)16-7-6-15-9-11(8-12-3)13-14-15/h9-10,12H,4-8H2,1-3H3. The number of aromatic nitrogens is 3. The molecule has 1 N–H and O–H groups in total. The van der Waals surface area contributed by atoms with E-state index >= 15 is 0 Å². The normalized spacial score (nSPS) is 12.9. The Labute approximate surface area is 97.2 Å². The molecule has 0 saturated carbocycles. The summed E-state index contributed by atoms with van der Waals surface area (Å²) in [6.07, 6.45) is 4.56. The molecule has 1 aromatic rings. The molecule has 1 unspecified atom stereocenters. The van der Waals surface area contributed by atoms with Crippen molar-refractivity contribution in [3.63, 3.8) is 0 Å².